The van der Waals surface area contributed by atoms with Crippen LogP contribution in [0.15, 0.2) is 72.9 Å². The number of allylic oxidation sites excluding steroid dienone is 12. The lowest BCUT2D eigenvalue weighted by molar-refractivity contribution is -0.167. The van der Waals surface area contributed by atoms with E-state index in [1.54, 1.807) is 0 Å². The lowest BCUT2D eigenvalue weighted by Crippen LogP contribution is -2.30. The van der Waals surface area contributed by atoms with Crippen LogP contribution in [-0.2, 0) is 28.6 Å². The molecule has 0 heterocycles. The van der Waals surface area contributed by atoms with Gasteiger partial charge in [-0.05, 0) is 96.3 Å². The minimum absolute atomic E-state index is 0.0805. The van der Waals surface area contributed by atoms with Crippen molar-refractivity contribution in [2.75, 3.05) is 13.2 Å². The number of hydrogen-bond acceptors (Lipinski definition) is 6. The van der Waals surface area contributed by atoms with Gasteiger partial charge in [-0.15, -0.1) is 0 Å². The van der Waals surface area contributed by atoms with Crippen molar-refractivity contribution in [1.82, 2.24) is 0 Å². The number of hydrogen-bond donors (Lipinski definition) is 0. The summed E-state index contributed by atoms with van der Waals surface area (Å²) in [6, 6.07) is 0. The lowest BCUT2D eigenvalue weighted by Gasteiger charge is -2.18. The predicted octanol–water partition coefficient (Wildman–Crippen LogP) is 20.2. The first-order valence-electron chi connectivity index (χ1n) is 29.9. The molecule has 70 heavy (non-hydrogen) atoms. The number of esters is 3. The Labute approximate surface area is 433 Å². The van der Waals surface area contributed by atoms with E-state index in [9.17, 15) is 14.4 Å². The van der Waals surface area contributed by atoms with E-state index in [4.69, 9.17) is 14.2 Å². The van der Waals surface area contributed by atoms with Gasteiger partial charge in [-0.2, -0.15) is 0 Å². The molecule has 1 unspecified atom stereocenters. The molecule has 0 aromatic heterocycles. The standard InChI is InChI=1S/C64H112O6/c1-4-7-10-13-16-19-21-23-25-27-29-30-31-32-33-34-36-37-39-41-43-45-48-51-54-57-63(66)69-60-61(59-68-62(65)56-53-50-47-18-15-12-9-6-3)70-64(67)58-55-52-49-46-44-42-40-38-35-28-26-24-22-20-17-14-11-8-5-2/h17,20-21,23-24,26-27,29,31-32,35,38,61H,4-16,18-19,22,25,28,30,33-34,36-37,39-60H2,1-3H3/b20-17-,23-21-,26-24-,29-27-,32-31-,38-35-. The summed E-state index contributed by atoms with van der Waals surface area (Å²) in [5.74, 6) is -0.893. The first-order valence-corrected chi connectivity index (χ1v) is 29.9. The number of carbonyl (C=O) groups excluding carboxylic acids is 3. The van der Waals surface area contributed by atoms with E-state index in [1.807, 2.05) is 0 Å². The van der Waals surface area contributed by atoms with Crippen molar-refractivity contribution in [1.29, 1.82) is 0 Å². The molecule has 0 spiro atoms. The maximum absolute atomic E-state index is 12.8. The summed E-state index contributed by atoms with van der Waals surface area (Å²) < 4.78 is 16.8. The molecule has 0 aliphatic heterocycles. The Balaban J connectivity index is 4.23. The summed E-state index contributed by atoms with van der Waals surface area (Å²) in [4.78, 5) is 38.0. The first kappa shape index (κ1) is 66.9. The molecule has 0 saturated carbocycles. The van der Waals surface area contributed by atoms with Gasteiger partial charge >= 0.3 is 17.9 Å². The largest absolute Gasteiger partial charge is 0.462 e. The predicted molar refractivity (Wildman–Crippen MR) is 302 cm³/mol. The SMILES string of the molecule is CCCCC/C=C\C/C=C\C/C=C\CCCCCCCCC(=O)OC(COC(=O)CCCCCCCCCC)COC(=O)CCCCCCCCCCCC/C=C\C/C=C\C/C=C\CCCCCCC. The summed E-state index contributed by atoms with van der Waals surface area (Å²) >= 11 is 0. The normalized spacial score (nSPS) is 12.6. The Morgan fingerprint density at radius 1 is 0.286 bits per heavy atom. The molecule has 1 atom stereocenters. The Hall–Kier alpha value is -3.15. The molecule has 0 fully saturated rings. The highest BCUT2D eigenvalue weighted by Crippen LogP contribution is 2.15. The number of rotatable bonds is 54. The van der Waals surface area contributed by atoms with Crippen molar-refractivity contribution >= 4 is 17.9 Å². The lowest BCUT2D eigenvalue weighted by atomic mass is 10.1. The topological polar surface area (TPSA) is 78.9 Å². The third-order valence-electron chi connectivity index (χ3n) is 12.9. The molecule has 6 heteroatoms. The first-order chi connectivity index (χ1) is 34.5. The van der Waals surface area contributed by atoms with Crippen molar-refractivity contribution in [3.8, 4) is 0 Å². The van der Waals surface area contributed by atoms with Gasteiger partial charge in [0.15, 0.2) is 6.10 Å². The molecule has 0 rings (SSSR count). The smallest absolute Gasteiger partial charge is 0.306 e. The van der Waals surface area contributed by atoms with Gasteiger partial charge in [0.25, 0.3) is 0 Å². The Bertz CT molecular complexity index is 1310. The molecule has 0 aliphatic carbocycles. The number of ether oxygens (including phenoxy) is 3. The zero-order chi connectivity index (χ0) is 50.7. The van der Waals surface area contributed by atoms with Gasteiger partial charge in [0, 0.05) is 19.3 Å². The molecule has 0 aromatic rings. The van der Waals surface area contributed by atoms with E-state index >= 15 is 0 Å². The molecule has 404 valence electrons. The summed E-state index contributed by atoms with van der Waals surface area (Å²) in [5.41, 5.74) is 0. The molecule has 0 aromatic carbocycles. The molecule has 0 aliphatic rings. The van der Waals surface area contributed by atoms with Crippen LogP contribution >= 0.6 is 0 Å². The summed E-state index contributed by atoms with van der Waals surface area (Å²) in [6.45, 7) is 6.58. The Kier molecular flexibility index (Phi) is 55.8. The second kappa shape index (κ2) is 58.4. The fourth-order valence-electron chi connectivity index (χ4n) is 8.40. The highest BCUT2D eigenvalue weighted by Gasteiger charge is 2.19. The van der Waals surface area contributed by atoms with E-state index in [-0.39, 0.29) is 31.1 Å². The minimum atomic E-state index is -0.782. The van der Waals surface area contributed by atoms with E-state index in [1.165, 1.54) is 161 Å². The zero-order valence-corrected chi connectivity index (χ0v) is 46.3. The average molecular weight is 978 g/mol. The van der Waals surface area contributed by atoms with Crippen molar-refractivity contribution in [3.05, 3.63) is 72.9 Å². The van der Waals surface area contributed by atoms with Crippen molar-refractivity contribution in [3.63, 3.8) is 0 Å². The molecular formula is C64H112O6. The fourth-order valence-corrected chi connectivity index (χ4v) is 8.40. The van der Waals surface area contributed by atoms with E-state index in [0.717, 1.165) is 96.3 Å². The minimum Gasteiger partial charge on any atom is -0.462 e. The molecular weight excluding hydrogens is 865 g/mol. The van der Waals surface area contributed by atoms with Gasteiger partial charge in [0.1, 0.15) is 13.2 Å². The molecule has 0 saturated heterocycles. The Morgan fingerprint density at radius 2 is 0.514 bits per heavy atom. The molecule has 6 nitrogen and oxygen atoms in total. The second-order valence-corrected chi connectivity index (χ2v) is 19.9. The Morgan fingerprint density at radius 3 is 0.829 bits per heavy atom. The zero-order valence-electron chi connectivity index (χ0n) is 46.3. The van der Waals surface area contributed by atoms with Crippen LogP contribution in [0.3, 0.4) is 0 Å². The highest BCUT2D eigenvalue weighted by molar-refractivity contribution is 5.71. The van der Waals surface area contributed by atoms with E-state index < -0.39 is 6.10 Å². The van der Waals surface area contributed by atoms with Gasteiger partial charge in [-0.3, -0.25) is 14.4 Å². The van der Waals surface area contributed by atoms with Gasteiger partial charge in [-0.25, -0.2) is 0 Å². The fraction of sp³-hybridized carbons (Fsp3) is 0.766. The van der Waals surface area contributed by atoms with Gasteiger partial charge < -0.3 is 14.2 Å². The number of unbranched alkanes of at least 4 members (excludes halogenated alkanes) is 31. The molecule has 0 amide bonds. The van der Waals surface area contributed by atoms with Crippen LogP contribution in [0.1, 0.15) is 297 Å². The third-order valence-corrected chi connectivity index (χ3v) is 12.9. The van der Waals surface area contributed by atoms with Crippen LogP contribution in [-0.4, -0.2) is 37.2 Å². The van der Waals surface area contributed by atoms with Gasteiger partial charge in [-0.1, -0.05) is 254 Å². The van der Waals surface area contributed by atoms with Crippen molar-refractivity contribution < 1.29 is 28.6 Å². The van der Waals surface area contributed by atoms with Crippen LogP contribution < -0.4 is 0 Å². The van der Waals surface area contributed by atoms with Crippen molar-refractivity contribution in [2.24, 2.45) is 0 Å². The van der Waals surface area contributed by atoms with E-state index in [0.29, 0.717) is 19.3 Å². The van der Waals surface area contributed by atoms with Gasteiger partial charge in [0.2, 0.25) is 0 Å². The maximum atomic E-state index is 12.8. The van der Waals surface area contributed by atoms with Crippen LogP contribution in [0, 0.1) is 0 Å². The summed E-state index contributed by atoms with van der Waals surface area (Å²) in [6.07, 6.45) is 74.8. The van der Waals surface area contributed by atoms with Gasteiger partial charge in [0.05, 0.1) is 0 Å². The third kappa shape index (κ3) is 55.8. The van der Waals surface area contributed by atoms with Crippen LogP contribution in [0.5, 0.6) is 0 Å². The monoisotopic (exact) mass is 977 g/mol. The highest BCUT2D eigenvalue weighted by atomic mass is 16.6. The van der Waals surface area contributed by atoms with Crippen LogP contribution in [0.2, 0.25) is 0 Å². The quantitative estimate of drug-likeness (QED) is 0.0261. The van der Waals surface area contributed by atoms with E-state index in [2.05, 4.69) is 93.7 Å². The number of carbonyl (C=O) groups is 3. The average Bonchev–Trinajstić information content (AvgIpc) is 3.36. The molecule has 0 bridgehead atoms. The second-order valence-electron chi connectivity index (χ2n) is 19.9. The summed E-state index contributed by atoms with van der Waals surface area (Å²) in [7, 11) is 0. The summed E-state index contributed by atoms with van der Waals surface area (Å²) in [5, 5.41) is 0. The molecule has 0 N–H and O–H groups in total. The van der Waals surface area contributed by atoms with Crippen molar-refractivity contribution in [2.45, 2.75) is 303 Å². The maximum Gasteiger partial charge on any atom is 0.306 e. The molecule has 0 radical (unpaired) electrons. The van der Waals surface area contributed by atoms with Crippen LogP contribution in [0.25, 0.3) is 0 Å². The van der Waals surface area contributed by atoms with Crippen LogP contribution in [0.4, 0.5) is 0 Å².